The van der Waals surface area contributed by atoms with Gasteiger partial charge in [-0.1, -0.05) is 35.3 Å². The summed E-state index contributed by atoms with van der Waals surface area (Å²) in [6, 6.07) is 9.89. The number of hydrogen-bond acceptors (Lipinski definition) is 3. The molecule has 2 rings (SSSR count). The van der Waals surface area contributed by atoms with Crippen LogP contribution in [-0.2, 0) is 0 Å². The van der Waals surface area contributed by atoms with E-state index in [1.54, 1.807) is 24.3 Å². The third-order valence-corrected chi connectivity index (χ3v) is 3.22. The van der Waals surface area contributed by atoms with Gasteiger partial charge in [-0.15, -0.1) is 0 Å². The fourth-order valence-electron chi connectivity index (χ4n) is 1.48. The lowest BCUT2D eigenvalue weighted by atomic mass is 10.1. The Kier molecular flexibility index (Phi) is 4.06. The molecular weight excluding hydrogens is 285 g/mol. The van der Waals surface area contributed by atoms with E-state index in [2.05, 4.69) is 0 Å². The summed E-state index contributed by atoms with van der Waals surface area (Å²) >= 11 is 11.9. The van der Waals surface area contributed by atoms with E-state index in [0.29, 0.717) is 15.6 Å². The number of Topliss-reactive ketones (excluding diaryl/α,β-unsaturated/α-hetero) is 1. The van der Waals surface area contributed by atoms with Crippen molar-refractivity contribution in [3.8, 4) is 6.07 Å². The molecule has 0 aliphatic carbocycles. The minimum atomic E-state index is -0.497. The van der Waals surface area contributed by atoms with Gasteiger partial charge in [0.15, 0.2) is 5.76 Å². The second kappa shape index (κ2) is 5.75. The van der Waals surface area contributed by atoms with Gasteiger partial charge in [0, 0.05) is 0 Å². The molecule has 94 valence electrons. The third-order valence-electron chi connectivity index (χ3n) is 2.39. The summed E-state index contributed by atoms with van der Waals surface area (Å²) in [6.45, 7) is 0. The zero-order valence-corrected chi connectivity index (χ0v) is 11.1. The Morgan fingerprint density at radius 3 is 2.68 bits per heavy atom. The molecule has 5 heteroatoms. The van der Waals surface area contributed by atoms with Crippen molar-refractivity contribution >= 4 is 35.1 Å². The first-order valence-electron chi connectivity index (χ1n) is 5.27. The number of carbonyl (C=O) groups excluding carboxylic acids is 1. The maximum absolute atomic E-state index is 12.0. The Morgan fingerprint density at radius 1 is 1.26 bits per heavy atom. The Balaban J connectivity index is 2.43. The quantitative estimate of drug-likeness (QED) is 0.479. The Morgan fingerprint density at radius 2 is 2.05 bits per heavy atom. The number of rotatable bonds is 3. The fourth-order valence-corrected chi connectivity index (χ4v) is 1.84. The molecule has 3 nitrogen and oxygen atoms in total. The lowest BCUT2D eigenvalue weighted by Crippen LogP contribution is -2.00. The molecule has 2 aromatic rings. The van der Waals surface area contributed by atoms with Crippen LogP contribution in [0.25, 0.3) is 6.08 Å². The zero-order chi connectivity index (χ0) is 13.8. The van der Waals surface area contributed by atoms with Gasteiger partial charge in [0.2, 0.25) is 5.78 Å². The highest BCUT2D eigenvalue weighted by atomic mass is 35.5. The molecule has 0 fully saturated rings. The van der Waals surface area contributed by atoms with Crippen molar-refractivity contribution in [3.63, 3.8) is 0 Å². The van der Waals surface area contributed by atoms with Gasteiger partial charge in [-0.2, -0.15) is 5.26 Å². The number of benzene rings is 1. The van der Waals surface area contributed by atoms with Gasteiger partial charge >= 0.3 is 0 Å². The van der Waals surface area contributed by atoms with Crippen molar-refractivity contribution in [2.24, 2.45) is 0 Å². The molecule has 0 spiro atoms. The van der Waals surface area contributed by atoms with Crippen LogP contribution in [0.4, 0.5) is 0 Å². The van der Waals surface area contributed by atoms with Crippen molar-refractivity contribution in [2.45, 2.75) is 0 Å². The van der Waals surface area contributed by atoms with Crippen molar-refractivity contribution < 1.29 is 9.21 Å². The smallest absolute Gasteiger partial charge is 0.238 e. The predicted octanol–water partition coefficient (Wildman–Crippen LogP) is 4.38. The van der Waals surface area contributed by atoms with Crippen molar-refractivity contribution in [2.75, 3.05) is 0 Å². The minimum Gasteiger partial charge on any atom is -0.461 e. The van der Waals surface area contributed by atoms with Crippen molar-refractivity contribution in [3.05, 3.63) is 63.5 Å². The van der Waals surface area contributed by atoms with Gasteiger partial charge in [0.05, 0.1) is 16.3 Å². The first-order chi connectivity index (χ1) is 9.13. The monoisotopic (exact) mass is 291 g/mol. The van der Waals surface area contributed by atoms with E-state index >= 15 is 0 Å². The summed E-state index contributed by atoms with van der Waals surface area (Å²) in [6.07, 6.45) is 2.76. The molecule has 1 heterocycles. The maximum atomic E-state index is 12.0. The summed E-state index contributed by atoms with van der Waals surface area (Å²) < 4.78 is 4.97. The van der Waals surface area contributed by atoms with E-state index in [1.807, 2.05) is 6.07 Å². The lowest BCUT2D eigenvalue weighted by molar-refractivity contribution is 0.101. The molecule has 0 saturated heterocycles. The number of hydrogen-bond donors (Lipinski definition) is 0. The Labute approximate surface area is 119 Å². The molecule has 0 bridgehead atoms. The van der Waals surface area contributed by atoms with Crippen LogP contribution in [-0.4, -0.2) is 5.78 Å². The van der Waals surface area contributed by atoms with Crippen LogP contribution >= 0.6 is 23.2 Å². The van der Waals surface area contributed by atoms with Gasteiger partial charge in [-0.25, -0.2) is 0 Å². The highest BCUT2D eigenvalue weighted by molar-refractivity contribution is 6.43. The van der Waals surface area contributed by atoms with Gasteiger partial charge in [0.25, 0.3) is 0 Å². The summed E-state index contributed by atoms with van der Waals surface area (Å²) in [4.78, 5) is 12.0. The molecule has 0 amide bonds. The molecule has 0 N–H and O–H groups in total. The second-order valence-corrected chi connectivity index (χ2v) is 4.40. The van der Waals surface area contributed by atoms with Crippen LogP contribution in [0.5, 0.6) is 0 Å². The number of nitrogens with zero attached hydrogens (tertiary/aromatic N) is 1. The molecule has 1 aromatic heterocycles. The van der Waals surface area contributed by atoms with Crippen LogP contribution in [0.3, 0.4) is 0 Å². The number of furan rings is 1. The van der Waals surface area contributed by atoms with Crippen LogP contribution in [0.1, 0.15) is 16.1 Å². The average Bonchev–Trinajstić information content (AvgIpc) is 2.94. The molecule has 0 aliphatic rings. The Hall–Kier alpha value is -2.02. The highest BCUT2D eigenvalue weighted by Gasteiger charge is 2.15. The highest BCUT2D eigenvalue weighted by Crippen LogP contribution is 2.27. The number of ketones is 1. The first kappa shape index (κ1) is 13.4. The summed E-state index contributed by atoms with van der Waals surface area (Å²) in [7, 11) is 0. The Bertz CT molecular complexity index is 682. The van der Waals surface area contributed by atoms with Gasteiger partial charge in [-0.3, -0.25) is 4.79 Å². The predicted molar refractivity (Wildman–Crippen MR) is 73.1 cm³/mol. The standard InChI is InChI=1S/C14H7Cl2NO2/c15-11-4-1-3-9(13(11)16)7-10(8-17)14(18)12-5-2-6-19-12/h1-7H/b10-7+. The fraction of sp³-hybridized carbons (Fsp3) is 0. The van der Waals surface area contributed by atoms with Gasteiger partial charge < -0.3 is 4.42 Å². The van der Waals surface area contributed by atoms with Gasteiger partial charge in [-0.05, 0) is 29.8 Å². The molecule has 0 atom stereocenters. The largest absolute Gasteiger partial charge is 0.461 e. The van der Waals surface area contributed by atoms with E-state index in [1.165, 1.54) is 18.4 Å². The molecule has 1 aromatic carbocycles. The molecule has 19 heavy (non-hydrogen) atoms. The average molecular weight is 292 g/mol. The zero-order valence-electron chi connectivity index (χ0n) is 9.56. The van der Waals surface area contributed by atoms with Crippen LogP contribution in [0, 0.1) is 11.3 Å². The molecule has 0 unspecified atom stereocenters. The van der Waals surface area contributed by atoms with Gasteiger partial charge in [0.1, 0.15) is 11.6 Å². The van der Waals surface area contributed by atoms with Crippen LogP contribution in [0.2, 0.25) is 10.0 Å². The number of allylic oxidation sites excluding steroid dienone is 1. The van der Waals surface area contributed by atoms with Crippen LogP contribution in [0.15, 0.2) is 46.6 Å². The van der Waals surface area contributed by atoms with E-state index in [4.69, 9.17) is 32.9 Å². The molecule has 0 radical (unpaired) electrons. The SMILES string of the molecule is N#C/C(=C\c1cccc(Cl)c1Cl)C(=O)c1ccco1. The second-order valence-electron chi connectivity index (χ2n) is 3.62. The number of carbonyl (C=O) groups is 1. The molecular formula is C14H7Cl2NO2. The summed E-state index contributed by atoms with van der Waals surface area (Å²) in [5.74, 6) is -0.394. The summed E-state index contributed by atoms with van der Waals surface area (Å²) in [5, 5.41) is 9.71. The summed E-state index contributed by atoms with van der Waals surface area (Å²) in [5.41, 5.74) is 0.435. The van der Waals surface area contributed by atoms with E-state index in [9.17, 15) is 4.79 Å². The molecule has 0 aliphatic heterocycles. The minimum absolute atomic E-state index is 0.0703. The van der Waals surface area contributed by atoms with Crippen LogP contribution < -0.4 is 0 Å². The third kappa shape index (κ3) is 2.87. The van der Waals surface area contributed by atoms with E-state index < -0.39 is 5.78 Å². The first-order valence-corrected chi connectivity index (χ1v) is 6.03. The normalized spacial score (nSPS) is 11.1. The number of nitriles is 1. The molecule has 0 saturated carbocycles. The maximum Gasteiger partial charge on any atom is 0.238 e. The van der Waals surface area contributed by atoms with E-state index in [0.717, 1.165) is 0 Å². The van der Waals surface area contributed by atoms with Crippen molar-refractivity contribution in [1.29, 1.82) is 5.26 Å². The topological polar surface area (TPSA) is 54.0 Å². The lowest BCUT2D eigenvalue weighted by Gasteiger charge is -2.01. The number of halogens is 2. The van der Waals surface area contributed by atoms with Crippen molar-refractivity contribution in [1.82, 2.24) is 0 Å². The van der Waals surface area contributed by atoms with E-state index in [-0.39, 0.29) is 11.3 Å².